The molecule has 7 nitrogen and oxygen atoms in total. The minimum absolute atomic E-state index is 0.0661. The molecule has 0 saturated carbocycles. The van der Waals surface area contributed by atoms with Crippen LogP contribution >= 0.6 is 11.6 Å². The Kier molecular flexibility index (Phi) is 4.39. The average Bonchev–Trinajstić information content (AvgIpc) is 2.83. The molecule has 20 heavy (non-hydrogen) atoms. The minimum Gasteiger partial charge on any atom is -0.354 e. The van der Waals surface area contributed by atoms with E-state index < -0.39 is 0 Å². The third-order valence-corrected chi connectivity index (χ3v) is 2.86. The second-order valence-corrected chi connectivity index (χ2v) is 5.31. The highest BCUT2D eigenvalue weighted by Gasteiger charge is 2.15. The Morgan fingerprint density at radius 3 is 2.95 bits per heavy atom. The number of H-pyrrole nitrogens is 1. The molecule has 2 rings (SSSR count). The molecule has 0 unspecified atom stereocenters. The summed E-state index contributed by atoms with van der Waals surface area (Å²) in [5.74, 6) is 0.901. The number of aromatic nitrogens is 4. The fourth-order valence-electron chi connectivity index (χ4n) is 1.73. The van der Waals surface area contributed by atoms with Crippen LogP contribution in [0.2, 0.25) is 5.28 Å². The summed E-state index contributed by atoms with van der Waals surface area (Å²) in [6.07, 6.45) is 1.52. The highest BCUT2D eigenvalue weighted by atomic mass is 35.5. The van der Waals surface area contributed by atoms with Gasteiger partial charge in [-0.15, -0.1) is 0 Å². The van der Waals surface area contributed by atoms with Gasteiger partial charge in [-0.2, -0.15) is 9.97 Å². The molecule has 0 aliphatic carbocycles. The van der Waals surface area contributed by atoms with E-state index in [0.717, 1.165) is 0 Å². The molecule has 0 saturated heterocycles. The Hall–Kier alpha value is -1.89. The molecule has 0 aromatic carbocycles. The van der Waals surface area contributed by atoms with E-state index in [4.69, 9.17) is 11.6 Å². The number of carbonyl (C=O) groups is 1. The van der Waals surface area contributed by atoms with Crippen molar-refractivity contribution in [2.75, 3.05) is 25.0 Å². The molecule has 2 aromatic rings. The number of imidazole rings is 1. The van der Waals surface area contributed by atoms with Crippen molar-refractivity contribution >= 4 is 34.5 Å². The van der Waals surface area contributed by atoms with E-state index in [1.165, 1.54) is 6.33 Å². The van der Waals surface area contributed by atoms with Gasteiger partial charge in [0.2, 0.25) is 11.2 Å². The Balaban J connectivity index is 2.13. The van der Waals surface area contributed by atoms with Crippen LogP contribution in [0.25, 0.3) is 11.2 Å². The number of nitrogens with one attached hydrogen (secondary N) is 2. The summed E-state index contributed by atoms with van der Waals surface area (Å²) in [7, 11) is 1.77. The lowest BCUT2D eigenvalue weighted by atomic mass is 10.2. The highest BCUT2D eigenvalue weighted by molar-refractivity contribution is 6.28. The fourth-order valence-corrected chi connectivity index (χ4v) is 1.89. The number of likely N-dealkylation sites (N-methyl/N-ethyl adjacent to an activating group) is 1. The molecule has 0 spiro atoms. The Labute approximate surface area is 121 Å². The van der Waals surface area contributed by atoms with Crippen LogP contribution in [0.5, 0.6) is 0 Å². The van der Waals surface area contributed by atoms with Gasteiger partial charge in [0.15, 0.2) is 11.5 Å². The second-order valence-electron chi connectivity index (χ2n) is 4.97. The van der Waals surface area contributed by atoms with Gasteiger partial charge in [0.25, 0.3) is 0 Å². The van der Waals surface area contributed by atoms with Crippen molar-refractivity contribution in [1.82, 2.24) is 25.3 Å². The molecule has 0 fully saturated rings. The van der Waals surface area contributed by atoms with Gasteiger partial charge >= 0.3 is 0 Å². The molecule has 0 aliphatic rings. The van der Waals surface area contributed by atoms with E-state index in [9.17, 15) is 4.79 Å². The first-order valence-corrected chi connectivity index (χ1v) is 6.69. The standard InChI is InChI=1S/C12H17ClN6O/c1-7(2)4-14-8(20)5-19(3)11-9-10(16-6-15-9)17-12(13)18-11/h6-7H,4-5H2,1-3H3,(H,14,20)(H,15,16,17,18). The highest BCUT2D eigenvalue weighted by Crippen LogP contribution is 2.21. The summed E-state index contributed by atoms with van der Waals surface area (Å²) < 4.78 is 0. The van der Waals surface area contributed by atoms with Crippen molar-refractivity contribution in [1.29, 1.82) is 0 Å². The van der Waals surface area contributed by atoms with E-state index in [0.29, 0.717) is 29.4 Å². The molecule has 0 aliphatic heterocycles. The monoisotopic (exact) mass is 296 g/mol. The van der Waals surface area contributed by atoms with Crippen LogP contribution in [0, 0.1) is 5.92 Å². The number of rotatable bonds is 5. The van der Waals surface area contributed by atoms with E-state index >= 15 is 0 Å². The number of hydrogen-bond acceptors (Lipinski definition) is 5. The van der Waals surface area contributed by atoms with Crippen LogP contribution in [0.3, 0.4) is 0 Å². The summed E-state index contributed by atoms with van der Waals surface area (Å²) in [4.78, 5) is 28.7. The molecule has 108 valence electrons. The third-order valence-electron chi connectivity index (χ3n) is 2.69. The molecule has 0 bridgehead atoms. The van der Waals surface area contributed by atoms with E-state index in [1.807, 2.05) is 13.8 Å². The summed E-state index contributed by atoms with van der Waals surface area (Å²) >= 11 is 5.86. The van der Waals surface area contributed by atoms with Gasteiger partial charge in [0.1, 0.15) is 5.52 Å². The number of fused-ring (bicyclic) bond motifs is 1. The first-order valence-electron chi connectivity index (χ1n) is 6.32. The van der Waals surface area contributed by atoms with Crippen LogP contribution in [-0.4, -0.2) is 46.0 Å². The maximum atomic E-state index is 11.8. The number of halogens is 1. The molecule has 0 radical (unpaired) electrons. The number of aromatic amines is 1. The average molecular weight is 297 g/mol. The zero-order valence-corrected chi connectivity index (χ0v) is 12.4. The Morgan fingerprint density at radius 1 is 1.50 bits per heavy atom. The number of amides is 1. The van der Waals surface area contributed by atoms with Crippen LogP contribution in [0.4, 0.5) is 5.82 Å². The van der Waals surface area contributed by atoms with Gasteiger partial charge in [-0.05, 0) is 17.5 Å². The van der Waals surface area contributed by atoms with Gasteiger partial charge < -0.3 is 15.2 Å². The third kappa shape index (κ3) is 3.36. The van der Waals surface area contributed by atoms with Gasteiger partial charge in [0, 0.05) is 13.6 Å². The lowest BCUT2D eigenvalue weighted by molar-refractivity contribution is -0.119. The van der Waals surface area contributed by atoms with Gasteiger partial charge in [-0.1, -0.05) is 13.8 Å². The molecule has 2 heterocycles. The van der Waals surface area contributed by atoms with Gasteiger partial charge in [0.05, 0.1) is 12.9 Å². The predicted molar refractivity (Wildman–Crippen MR) is 77.8 cm³/mol. The second kappa shape index (κ2) is 6.04. The normalized spacial score (nSPS) is 11.1. The maximum Gasteiger partial charge on any atom is 0.239 e. The van der Waals surface area contributed by atoms with E-state index in [1.54, 1.807) is 11.9 Å². The topological polar surface area (TPSA) is 86.8 Å². The Bertz CT molecular complexity index is 611. The SMILES string of the molecule is CC(C)CNC(=O)CN(C)c1nc(Cl)nc2nc[nH]c12. The zero-order chi connectivity index (χ0) is 14.7. The summed E-state index contributed by atoms with van der Waals surface area (Å²) in [6.45, 7) is 4.93. The van der Waals surface area contributed by atoms with Gasteiger partial charge in [-0.25, -0.2) is 4.98 Å². The summed E-state index contributed by atoms with van der Waals surface area (Å²) in [5.41, 5.74) is 1.14. The molecular weight excluding hydrogens is 280 g/mol. The molecule has 2 aromatic heterocycles. The van der Waals surface area contributed by atoms with Crippen LogP contribution in [-0.2, 0) is 4.79 Å². The molecular formula is C12H17ClN6O. The Morgan fingerprint density at radius 2 is 2.25 bits per heavy atom. The van der Waals surface area contributed by atoms with Crippen molar-refractivity contribution in [3.8, 4) is 0 Å². The smallest absolute Gasteiger partial charge is 0.239 e. The quantitative estimate of drug-likeness (QED) is 0.810. The molecule has 2 N–H and O–H groups in total. The zero-order valence-electron chi connectivity index (χ0n) is 11.6. The summed E-state index contributed by atoms with van der Waals surface area (Å²) in [5, 5.41) is 2.96. The molecule has 8 heteroatoms. The largest absolute Gasteiger partial charge is 0.354 e. The summed E-state index contributed by atoms with van der Waals surface area (Å²) in [6, 6.07) is 0. The number of nitrogens with zero attached hydrogens (tertiary/aromatic N) is 4. The number of carbonyl (C=O) groups excluding carboxylic acids is 1. The molecule has 0 atom stereocenters. The van der Waals surface area contributed by atoms with Gasteiger partial charge in [-0.3, -0.25) is 4.79 Å². The van der Waals surface area contributed by atoms with Crippen molar-refractivity contribution in [2.45, 2.75) is 13.8 Å². The van der Waals surface area contributed by atoms with Crippen molar-refractivity contribution in [2.24, 2.45) is 5.92 Å². The fraction of sp³-hybridized carbons (Fsp3) is 0.500. The lowest BCUT2D eigenvalue weighted by Gasteiger charge is -2.18. The first-order chi connectivity index (χ1) is 9.47. The number of hydrogen-bond donors (Lipinski definition) is 2. The van der Waals surface area contributed by atoms with Crippen LogP contribution in [0.15, 0.2) is 6.33 Å². The van der Waals surface area contributed by atoms with E-state index in [2.05, 4.69) is 25.3 Å². The number of anilines is 1. The van der Waals surface area contributed by atoms with Crippen molar-refractivity contribution in [3.63, 3.8) is 0 Å². The van der Waals surface area contributed by atoms with Crippen LogP contribution in [0.1, 0.15) is 13.8 Å². The lowest BCUT2D eigenvalue weighted by Crippen LogP contribution is -2.37. The first kappa shape index (κ1) is 14.5. The molecule has 1 amide bonds. The van der Waals surface area contributed by atoms with Crippen molar-refractivity contribution < 1.29 is 4.79 Å². The van der Waals surface area contributed by atoms with E-state index in [-0.39, 0.29) is 17.7 Å². The van der Waals surface area contributed by atoms with Crippen LogP contribution < -0.4 is 10.2 Å². The van der Waals surface area contributed by atoms with Crippen molar-refractivity contribution in [3.05, 3.63) is 11.6 Å². The maximum absolute atomic E-state index is 11.8. The predicted octanol–water partition coefficient (Wildman–Crippen LogP) is 1.21. The minimum atomic E-state index is -0.0661.